The van der Waals surface area contributed by atoms with Gasteiger partial charge in [0.25, 0.3) is 0 Å². The minimum Gasteiger partial charge on any atom is -0.309 e. The van der Waals surface area contributed by atoms with Gasteiger partial charge >= 0.3 is 0 Å². The van der Waals surface area contributed by atoms with E-state index in [2.05, 4.69) is 11.6 Å². The molecular weight excluding hydrogens is 243 g/mol. The van der Waals surface area contributed by atoms with Gasteiger partial charge in [0.1, 0.15) is 0 Å². The number of hydrogen-bond donors (Lipinski definition) is 0. The first-order chi connectivity index (χ1) is 7.70. The van der Waals surface area contributed by atoms with Crippen molar-refractivity contribution in [2.24, 2.45) is 0 Å². The summed E-state index contributed by atoms with van der Waals surface area (Å²) >= 11 is 11.6. The number of allylic oxidation sites excluding steroid dienone is 1. The molecule has 0 saturated heterocycles. The second-order valence-corrected chi connectivity index (χ2v) is 4.08. The molecule has 0 unspecified atom stereocenters. The van der Waals surface area contributed by atoms with Crippen molar-refractivity contribution in [3.8, 4) is 11.3 Å². The van der Waals surface area contributed by atoms with Crippen LogP contribution in [-0.4, -0.2) is 15.4 Å². The van der Waals surface area contributed by atoms with E-state index in [-0.39, 0.29) is 0 Å². The normalized spacial score (nSPS) is 10.4. The molecule has 0 atom stereocenters. The number of rotatable bonds is 3. The van der Waals surface area contributed by atoms with Gasteiger partial charge < -0.3 is 4.57 Å². The van der Waals surface area contributed by atoms with Crippen LogP contribution in [0.1, 0.15) is 0 Å². The Labute approximate surface area is 104 Å². The third-order valence-electron chi connectivity index (χ3n) is 2.22. The molecule has 1 aromatic heterocycles. The molecule has 1 aromatic carbocycles. The third kappa shape index (κ3) is 2.29. The summed E-state index contributed by atoms with van der Waals surface area (Å²) in [6.07, 6.45) is 3.58. The number of nitrogens with zero attached hydrogens (tertiary/aromatic N) is 2. The summed E-state index contributed by atoms with van der Waals surface area (Å²) in [6, 6.07) is 7.56. The minimum absolute atomic E-state index is 0.380. The molecule has 0 aliphatic rings. The fourth-order valence-corrected chi connectivity index (χ4v) is 1.69. The van der Waals surface area contributed by atoms with Gasteiger partial charge in [0.05, 0.1) is 17.9 Å². The highest BCUT2D eigenvalue weighted by atomic mass is 35.5. The Balaban J connectivity index is 2.35. The molecule has 0 amide bonds. The van der Waals surface area contributed by atoms with Crippen LogP contribution in [0.3, 0.4) is 0 Å². The fourth-order valence-electron chi connectivity index (χ4n) is 1.36. The predicted molar refractivity (Wildman–Crippen MR) is 68.7 cm³/mol. The Morgan fingerprint density at radius 1 is 1.44 bits per heavy atom. The summed E-state index contributed by atoms with van der Waals surface area (Å²) in [5.74, 6) is 0.380. The van der Waals surface area contributed by atoms with Gasteiger partial charge in [-0.05, 0) is 12.1 Å². The molecule has 0 aliphatic heterocycles. The Morgan fingerprint density at radius 2 is 2.25 bits per heavy atom. The van der Waals surface area contributed by atoms with E-state index in [4.69, 9.17) is 23.2 Å². The molecule has 0 N–H and O–H groups in total. The van der Waals surface area contributed by atoms with Crippen LogP contribution in [0.15, 0.2) is 43.4 Å². The zero-order chi connectivity index (χ0) is 11.5. The van der Waals surface area contributed by atoms with E-state index in [0.717, 1.165) is 17.0 Å². The quantitative estimate of drug-likeness (QED) is 0.758. The lowest BCUT2D eigenvalue weighted by Crippen LogP contribution is -1.91. The van der Waals surface area contributed by atoms with Crippen LogP contribution < -0.4 is 0 Å². The number of halogens is 2. The van der Waals surface area contributed by atoms with Gasteiger partial charge in [-0.2, -0.15) is 0 Å². The molecule has 1 heterocycles. The molecule has 2 nitrogen and oxygen atoms in total. The highest BCUT2D eigenvalue weighted by Crippen LogP contribution is 2.21. The molecule has 0 saturated carbocycles. The van der Waals surface area contributed by atoms with Crippen molar-refractivity contribution >= 4 is 28.9 Å². The van der Waals surface area contributed by atoms with E-state index in [1.54, 1.807) is 6.33 Å². The van der Waals surface area contributed by atoms with Crippen LogP contribution in [0, 0.1) is 0 Å². The maximum Gasteiger partial charge on any atom is 0.0997 e. The maximum atomic E-state index is 5.92. The van der Waals surface area contributed by atoms with E-state index in [0.29, 0.717) is 10.9 Å². The summed E-state index contributed by atoms with van der Waals surface area (Å²) in [4.78, 5) is 4.28. The molecule has 0 aliphatic carbocycles. The van der Waals surface area contributed by atoms with Crippen molar-refractivity contribution in [3.05, 3.63) is 48.4 Å². The minimum atomic E-state index is 0.380. The van der Waals surface area contributed by atoms with Gasteiger partial charge in [0.15, 0.2) is 0 Å². The van der Waals surface area contributed by atoms with E-state index >= 15 is 0 Å². The van der Waals surface area contributed by atoms with Crippen LogP contribution in [0.2, 0.25) is 5.02 Å². The van der Waals surface area contributed by atoms with E-state index in [9.17, 15) is 0 Å². The van der Waals surface area contributed by atoms with Crippen LogP contribution in [-0.2, 0) is 0 Å². The molecular formula is C12H10Cl2N2. The molecule has 0 radical (unpaired) electrons. The number of hydrogen-bond acceptors (Lipinski definition) is 1. The maximum absolute atomic E-state index is 5.92. The Morgan fingerprint density at radius 3 is 2.94 bits per heavy atom. The molecule has 82 valence electrons. The van der Waals surface area contributed by atoms with Gasteiger partial charge in [0, 0.05) is 22.5 Å². The largest absolute Gasteiger partial charge is 0.309 e. The average Bonchev–Trinajstić information content (AvgIpc) is 2.77. The summed E-state index contributed by atoms with van der Waals surface area (Å²) in [6.45, 7) is 3.83. The Bertz CT molecular complexity index is 517. The van der Waals surface area contributed by atoms with E-state index in [1.165, 1.54) is 0 Å². The number of imidazole rings is 1. The van der Waals surface area contributed by atoms with Crippen LogP contribution >= 0.6 is 23.2 Å². The molecule has 0 spiro atoms. The van der Waals surface area contributed by atoms with Crippen molar-refractivity contribution in [2.45, 2.75) is 0 Å². The summed E-state index contributed by atoms with van der Waals surface area (Å²) in [5, 5.41) is 0.697. The SMILES string of the molecule is C=C(CCl)n1cnc(-c2cccc(Cl)c2)c1. The lowest BCUT2D eigenvalue weighted by Gasteiger charge is -2.00. The van der Waals surface area contributed by atoms with Gasteiger partial charge in [-0.3, -0.25) is 0 Å². The highest BCUT2D eigenvalue weighted by molar-refractivity contribution is 6.30. The molecule has 16 heavy (non-hydrogen) atoms. The Hall–Kier alpha value is -1.25. The van der Waals surface area contributed by atoms with Crippen LogP contribution in [0.25, 0.3) is 17.0 Å². The molecule has 0 fully saturated rings. The van der Waals surface area contributed by atoms with Crippen molar-refractivity contribution < 1.29 is 0 Å². The van der Waals surface area contributed by atoms with Crippen molar-refractivity contribution in [1.29, 1.82) is 0 Å². The summed E-state index contributed by atoms with van der Waals surface area (Å²) < 4.78 is 1.81. The first kappa shape index (κ1) is 11.2. The average molecular weight is 253 g/mol. The first-order valence-electron chi connectivity index (χ1n) is 4.75. The Kier molecular flexibility index (Phi) is 3.32. The van der Waals surface area contributed by atoms with Crippen LogP contribution in [0.5, 0.6) is 0 Å². The highest BCUT2D eigenvalue weighted by Gasteiger charge is 2.03. The molecule has 2 rings (SSSR count). The molecule has 0 bridgehead atoms. The standard InChI is InChI=1S/C12H10Cl2N2/c1-9(6-13)16-7-12(15-8-16)10-3-2-4-11(14)5-10/h2-5,7-8H,1,6H2. The number of alkyl halides is 1. The fraction of sp³-hybridized carbons (Fsp3) is 0.0833. The van der Waals surface area contributed by atoms with Crippen LogP contribution in [0.4, 0.5) is 0 Å². The van der Waals surface area contributed by atoms with Crippen molar-refractivity contribution in [1.82, 2.24) is 9.55 Å². The lowest BCUT2D eigenvalue weighted by atomic mass is 10.2. The second kappa shape index (κ2) is 4.73. The molecule has 2 aromatic rings. The smallest absolute Gasteiger partial charge is 0.0997 e. The monoisotopic (exact) mass is 252 g/mol. The van der Waals surface area contributed by atoms with Gasteiger partial charge in [-0.1, -0.05) is 30.3 Å². The number of benzene rings is 1. The third-order valence-corrected chi connectivity index (χ3v) is 2.77. The number of aromatic nitrogens is 2. The zero-order valence-electron chi connectivity index (χ0n) is 8.53. The van der Waals surface area contributed by atoms with E-state index < -0.39 is 0 Å². The van der Waals surface area contributed by atoms with Crippen molar-refractivity contribution in [3.63, 3.8) is 0 Å². The first-order valence-corrected chi connectivity index (χ1v) is 5.66. The van der Waals surface area contributed by atoms with Crippen molar-refractivity contribution in [2.75, 3.05) is 5.88 Å². The summed E-state index contributed by atoms with van der Waals surface area (Å²) in [5.41, 5.74) is 2.63. The van der Waals surface area contributed by atoms with Gasteiger partial charge in [-0.15, -0.1) is 11.6 Å². The topological polar surface area (TPSA) is 17.8 Å². The van der Waals surface area contributed by atoms with Gasteiger partial charge in [0.2, 0.25) is 0 Å². The molecule has 4 heteroatoms. The lowest BCUT2D eigenvalue weighted by molar-refractivity contribution is 1.08. The predicted octanol–water partition coefficient (Wildman–Crippen LogP) is 3.91. The van der Waals surface area contributed by atoms with E-state index in [1.807, 2.05) is 35.0 Å². The van der Waals surface area contributed by atoms with Gasteiger partial charge in [-0.25, -0.2) is 4.98 Å². The summed E-state index contributed by atoms with van der Waals surface area (Å²) in [7, 11) is 0. The zero-order valence-corrected chi connectivity index (χ0v) is 10.0. The second-order valence-electron chi connectivity index (χ2n) is 3.38.